The first-order valence-electron chi connectivity index (χ1n) is 6.24. The van der Waals surface area contributed by atoms with Crippen molar-refractivity contribution in [2.45, 2.75) is 27.3 Å². The van der Waals surface area contributed by atoms with Crippen LogP contribution in [-0.4, -0.2) is 23.0 Å². The zero-order valence-electron chi connectivity index (χ0n) is 11.2. The quantitative estimate of drug-likeness (QED) is 0.804. The van der Waals surface area contributed by atoms with Crippen LogP contribution in [0.25, 0.3) is 0 Å². The topological polar surface area (TPSA) is 29.3 Å². The van der Waals surface area contributed by atoms with Crippen molar-refractivity contribution >= 4 is 17.2 Å². The van der Waals surface area contributed by atoms with E-state index in [1.807, 2.05) is 0 Å². The molecule has 1 aromatic rings. The molecule has 0 aliphatic carbocycles. The molecule has 1 rings (SSSR count). The van der Waals surface area contributed by atoms with E-state index in [2.05, 4.69) is 25.7 Å². The van der Waals surface area contributed by atoms with Crippen LogP contribution in [0.4, 0.5) is 4.39 Å². The van der Waals surface area contributed by atoms with Crippen LogP contribution in [0.5, 0.6) is 0 Å². The molecule has 0 aliphatic rings. The van der Waals surface area contributed by atoms with Gasteiger partial charge in [0.1, 0.15) is 10.8 Å². The van der Waals surface area contributed by atoms with E-state index in [-0.39, 0.29) is 5.82 Å². The molecule has 0 spiro atoms. The fourth-order valence-corrected chi connectivity index (χ4v) is 2.20. The van der Waals surface area contributed by atoms with E-state index in [4.69, 9.17) is 18.0 Å². The smallest absolute Gasteiger partial charge is 0.123 e. The Balaban J connectivity index is 2.93. The molecule has 4 heteroatoms. The first kappa shape index (κ1) is 15.1. The number of rotatable bonds is 6. The minimum Gasteiger partial charge on any atom is -0.389 e. The van der Waals surface area contributed by atoms with Crippen molar-refractivity contribution in [3.63, 3.8) is 0 Å². The maximum atomic E-state index is 13.3. The third-order valence-corrected chi connectivity index (χ3v) is 3.02. The second kappa shape index (κ2) is 6.81. The minimum atomic E-state index is -0.245. The van der Waals surface area contributed by atoms with Gasteiger partial charge < -0.3 is 5.73 Å². The van der Waals surface area contributed by atoms with Crippen molar-refractivity contribution in [2.75, 3.05) is 13.1 Å². The standard InChI is InChI=1S/C14H21FN2S/c1-4-17(8-10(2)3)9-11-7-12(15)5-6-13(11)14(16)18/h5-7,10H,4,8-9H2,1-3H3,(H2,16,18). The van der Waals surface area contributed by atoms with E-state index in [1.165, 1.54) is 12.1 Å². The number of thiocarbonyl (C=S) groups is 1. The summed E-state index contributed by atoms with van der Waals surface area (Å²) in [7, 11) is 0. The fourth-order valence-electron chi connectivity index (χ4n) is 2.00. The maximum Gasteiger partial charge on any atom is 0.123 e. The van der Waals surface area contributed by atoms with Crippen molar-refractivity contribution in [3.8, 4) is 0 Å². The third kappa shape index (κ3) is 4.35. The van der Waals surface area contributed by atoms with Gasteiger partial charge in [0.25, 0.3) is 0 Å². The Kier molecular flexibility index (Phi) is 5.69. The molecule has 18 heavy (non-hydrogen) atoms. The summed E-state index contributed by atoms with van der Waals surface area (Å²) in [4.78, 5) is 2.59. The normalized spacial score (nSPS) is 11.2. The van der Waals surface area contributed by atoms with Crippen LogP contribution in [0.15, 0.2) is 18.2 Å². The fraction of sp³-hybridized carbons (Fsp3) is 0.500. The lowest BCUT2D eigenvalue weighted by Crippen LogP contribution is -2.28. The summed E-state index contributed by atoms with van der Waals surface area (Å²) in [6.07, 6.45) is 0. The van der Waals surface area contributed by atoms with Crippen LogP contribution in [-0.2, 0) is 6.54 Å². The van der Waals surface area contributed by atoms with Crippen molar-refractivity contribution in [1.29, 1.82) is 0 Å². The second-order valence-corrected chi connectivity index (χ2v) is 5.33. The highest BCUT2D eigenvalue weighted by molar-refractivity contribution is 7.80. The van der Waals surface area contributed by atoms with Gasteiger partial charge in [-0.05, 0) is 36.2 Å². The van der Waals surface area contributed by atoms with Gasteiger partial charge in [-0.25, -0.2) is 4.39 Å². The summed E-state index contributed by atoms with van der Waals surface area (Å²) in [5.74, 6) is 0.331. The Morgan fingerprint density at radius 2 is 2.11 bits per heavy atom. The molecule has 0 fully saturated rings. The molecule has 1 aromatic carbocycles. The summed E-state index contributed by atoms with van der Waals surface area (Å²) in [6.45, 7) is 9.02. The van der Waals surface area contributed by atoms with Crippen molar-refractivity contribution in [1.82, 2.24) is 4.90 Å². The Bertz CT molecular complexity index is 418. The van der Waals surface area contributed by atoms with E-state index in [1.54, 1.807) is 6.07 Å². The van der Waals surface area contributed by atoms with Crippen molar-refractivity contribution in [3.05, 3.63) is 35.1 Å². The summed E-state index contributed by atoms with van der Waals surface area (Å²) in [5, 5.41) is 0. The number of halogens is 1. The number of nitrogens with zero attached hydrogens (tertiary/aromatic N) is 1. The van der Waals surface area contributed by atoms with E-state index >= 15 is 0 Å². The summed E-state index contributed by atoms with van der Waals surface area (Å²) in [5.41, 5.74) is 7.31. The SMILES string of the molecule is CCN(Cc1cc(F)ccc1C(N)=S)CC(C)C. The van der Waals surface area contributed by atoms with Gasteiger partial charge in [-0.1, -0.05) is 33.0 Å². The Morgan fingerprint density at radius 3 is 2.61 bits per heavy atom. The highest BCUT2D eigenvalue weighted by Crippen LogP contribution is 2.15. The monoisotopic (exact) mass is 268 g/mol. The third-order valence-electron chi connectivity index (χ3n) is 2.80. The van der Waals surface area contributed by atoms with Gasteiger partial charge in [0.05, 0.1) is 0 Å². The molecular weight excluding hydrogens is 247 g/mol. The number of hydrogen-bond donors (Lipinski definition) is 1. The number of benzene rings is 1. The molecule has 100 valence electrons. The molecule has 0 aliphatic heterocycles. The second-order valence-electron chi connectivity index (χ2n) is 4.89. The molecule has 0 heterocycles. The average molecular weight is 268 g/mol. The zero-order chi connectivity index (χ0) is 13.7. The molecule has 0 saturated heterocycles. The predicted octanol–water partition coefficient (Wildman–Crippen LogP) is 2.94. The molecule has 2 N–H and O–H groups in total. The lowest BCUT2D eigenvalue weighted by Gasteiger charge is -2.23. The van der Waals surface area contributed by atoms with Gasteiger partial charge in [0.2, 0.25) is 0 Å². The van der Waals surface area contributed by atoms with Gasteiger partial charge >= 0.3 is 0 Å². The Hall–Kier alpha value is -1.00. The highest BCUT2D eigenvalue weighted by atomic mass is 32.1. The van der Waals surface area contributed by atoms with Gasteiger partial charge in [-0.3, -0.25) is 4.90 Å². The lowest BCUT2D eigenvalue weighted by molar-refractivity contribution is 0.248. The van der Waals surface area contributed by atoms with Gasteiger partial charge in [0.15, 0.2) is 0 Å². The number of nitrogens with two attached hydrogens (primary N) is 1. The first-order valence-corrected chi connectivity index (χ1v) is 6.65. The van der Waals surface area contributed by atoms with Crippen LogP contribution >= 0.6 is 12.2 Å². The molecule has 0 radical (unpaired) electrons. The average Bonchev–Trinajstić information content (AvgIpc) is 2.27. The van der Waals surface area contributed by atoms with Crippen LogP contribution < -0.4 is 5.73 Å². The Morgan fingerprint density at radius 1 is 1.44 bits per heavy atom. The molecule has 0 bridgehead atoms. The Labute approximate surface area is 114 Å². The molecule has 2 nitrogen and oxygen atoms in total. The highest BCUT2D eigenvalue weighted by Gasteiger charge is 2.11. The molecule has 0 unspecified atom stereocenters. The molecule has 0 amide bonds. The van der Waals surface area contributed by atoms with Crippen molar-refractivity contribution in [2.24, 2.45) is 11.7 Å². The van der Waals surface area contributed by atoms with Crippen LogP contribution in [0, 0.1) is 11.7 Å². The van der Waals surface area contributed by atoms with Crippen LogP contribution in [0.2, 0.25) is 0 Å². The van der Waals surface area contributed by atoms with Gasteiger partial charge in [-0.15, -0.1) is 0 Å². The van der Waals surface area contributed by atoms with E-state index in [0.717, 1.165) is 24.2 Å². The van der Waals surface area contributed by atoms with Gasteiger partial charge in [-0.2, -0.15) is 0 Å². The minimum absolute atomic E-state index is 0.245. The summed E-state index contributed by atoms with van der Waals surface area (Å²) < 4.78 is 13.3. The lowest BCUT2D eigenvalue weighted by atomic mass is 10.1. The van der Waals surface area contributed by atoms with E-state index in [9.17, 15) is 4.39 Å². The number of hydrogen-bond acceptors (Lipinski definition) is 2. The first-order chi connectivity index (χ1) is 8.43. The zero-order valence-corrected chi connectivity index (χ0v) is 12.1. The van der Waals surface area contributed by atoms with Crippen LogP contribution in [0.3, 0.4) is 0 Å². The largest absolute Gasteiger partial charge is 0.389 e. The summed E-state index contributed by atoms with van der Waals surface area (Å²) >= 11 is 5.01. The summed E-state index contributed by atoms with van der Waals surface area (Å²) in [6, 6.07) is 4.59. The molecule has 0 saturated carbocycles. The predicted molar refractivity (Wildman–Crippen MR) is 78.1 cm³/mol. The van der Waals surface area contributed by atoms with E-state index in [0.29, 0.717) is 17.5 Å². The van der Waals surface area contributed by atoms with E-state index < -0.39 is 0 Å². The molecule has 0 aromatic heterocycles. The molecule has 0 atom stereocenters. The van der Waals surface area contributed by atoms with Crippen LogP contribution in [0.1, 0.15) is 31.9 Å². The molecular formula is C14H21FN2S. The maximum absolute atomic E-state index is 13.3. The van der Waals surface area contributed by atoms with Crippen molar-refractivity contribution < 1.29 is 4.39 Å². The van der Waals surface area contributed by atoms with Gasteiger partial charge in [0, 0.05) is 18.7 Å².